The molecule has 15 heavy (non-hydrogen) atoms. The maximum atomic E-state index is 11.7. The summed E-state index contributed by atoms with van der Waals surface area (Å²) >= 11 is 0. The van der Waals surface area contributed by atoms with E-state index in [9.17, 15) is 9.59 Å². The molecular formula is C9H10N4O2. The summed E-state index contributed by atoms with van der Waals surface area (Å²) in [6.45, 7) is 0. The van der Waals surface area contributed by atoms with Crippen molar-refractivity contribution in [3.05, 3.63) is 28.4 Å². The summed E-state index contributed by atoms with van der Waals surface area (Å²) in [5, 5.41) is 0. The first-order valence-electron chi connectivity index (χ1n) is 4.37. The predicted octanol–water partition coefficient (Wildman–Crippen LogP) is -0.0470. The van der Waals surface area contributed by atoms with Crippen molar-refractivity contribution in [3.63, 3.8) is 0 Å². The lowest BCUT2D eigenvalue weighted by molar-refractivity contribution is 0.0829. The number of carbonyl (C=O) groups is 1. The summed E-state index contributed by atoms with van der Waals surface area (Å²) in [5.74, 6) is -0.181. The van der Waals surface area contributed by atoms with E-state index < -0.39 is 0 Å². The number of rotatable bonds is 1. The van der Waals surface area contributed by atoms with Crippen LogP contribution < -0.4 is 5.56 Å². The first-order valence-corrected chi connectivity index (χ1v) is 4.37. The van der Waals surface area contributed by atoms with E-state index in [0.29, 0.717) is 16.6 Å². The van der Waals surface area contributed by atoms with Crippen molar-refractivity contribution in [1.29, 1.82) is 0 Å². The van der Waals surface area contributed by atoms with Gasteiger partial charge < -0.3 is 14.9 Å². The molecule has 2 aromatic heterocycles. The third-order valence-electron chi connectivity index (χ3n) is 2.11. The van der Waals surface area contributed by atoms with E-state index in [4.69, 9.17) is 0 Å². The first kappa shape index (κ1) is 9.45. The first-order chi connectivity index (χ1) is 7.11. The molecule has 2 rings (SSSR count). The van der Waals surface area contributed by atoms with Crippen molar-refractivity contribution in [2.24, 2.45) is 0 Å². The van der Waals surface area contributed by atoms with Crippen molar-refractivity contribution in [2.45, 2.75) is 0 Å². The normalized spacial score (nSPS) is 10.5. The van der Waals surface area contributed by atoms with Crippen LogP contribution >= 0.6 is 0 Å². The van der Waals surface area contributed by atoms with Crippen LogP contribution in [0.25, 0.3) is 11.0 Å². The standard InChI is InChI=1S/C9H10N4O2/c1-13(2)9(15)5-3-10-7-6(5)11-4-12-8(7)14/h3-4,10H,1-2H3,(H,11,12,14). The summed E-state index contributed by atoms with van der Waals surface area (Å²) < 4.78 is 0. The Morgan fingerprint density at radius 1 is 1.40 bits per heavy atom. The van der Waals surface area contributed by atoms with Gasteiger partial charge in [0.25, 0.3) is 11.5 Å². The van der Waals surface area contributed by atoms with Gasteiger partial charge in [-0.2, -0.15) is 0 Å². The zero-order valence-electron chi connectivity index (χ0n) is 8.37. The number of hydrogen-bond acceptors (Lipinski definition) is 3. The van der Waals surface area contributed by atoms with Gasteiger partial charge in [0, 0.05) is 20.3 Å². The molecule has 0 radical (unpaired) electrons. The average molecular weight is 206 g/mol. The van der Waals surface area contributed by atoms with Crippen molar-refractivity contribution >= 4 is 16.9 Å². The van der Waals surface area contributed by atoms with E-state index in [1.54, 1.807) is 14.1 Å². The molecule has 0 fully saturated rings. The van der Waals surface area contributed by atoms with Crippen LogP contribution in [0.4, 0.5) is 0 Å². The Balaban J connectivity index is 2.70. The Kier molecular flexibility index (Phi) is 2.03. The van der Waals surface area contributed by atoms with Gasteiger partial charge in [0.15, 0.2) is 0 Å². The van der Waals surface area contributed by atoms with Gasteiger partial charge >= 0.3 is 0 Å². The Morgan fingerprint density at radius 2 is 2.13 bits per heavy atom. The fourth-order valence-electron chi connectivity index (χ4n) is 1.35. The van der Waals surface area contributed by atoms with Gasteiger partial charge in [-0.15, -0.1) is 0 Å². The minimum Gasteiger partial charge on any atom is -0.355 e. The molecule has 0 atom stereocenters. The van der Waals surface area contributed by atoms with Crippen molar-refractivity contribution in [3.8, 4) is 0 Å². The molecule has 0 aromatic carbocycles. The van der Waals surface area contributed by atoms with E-state index in [1.807, 2.05) is 0 Å². The van der Waals surface area contributed by atoms with E-state index in [0.717, 1.165) is 0 Å². The van der Waals surface area contributed by atoms with Gasteiger partial charge in [0.05, 0.1) is 11.9 Å². The number of aromatic nitrogens is 3. The Labute approximate surface area is 84.9 Å². The molecule has 0 aliphatic rings. The molecule has 0 saturated carbocycles. The van der Waals surface area contributed by atoms with Gasteiger partial charge in [-0.3, -0.25) is 9.59 Å². The van der Waals surface area contributed by atoms with E-state index in [-0.39, 0.29) is 11.5 Å². The third kappa shape index (κ3) is 1.39. The summed E-state index contributed by atoms with van der Waals surface area (Å²) in [6.07, 6.45) is 2.78. The highest BCUT2D eigenvalue weighted by Crippen LogP contribution is 2.12. The molecule has 6 heteroatoms. The van der Waals surface area contributed by atoms with E-state index in [2.05, 4.69) is 15.0 Å². The summed E-state index contributed by atoms with van der Waals surface area (Å²) in [5.41, 5.74) is 0.846. The zero-order chi connectivity index (χ0) is 11.0. The van der Waals surface area contributed by atoms with Crippen LogP contribution in [0.2, 0.25) is 0 Å². The van der Waals surface area contributed by atoms with Crippen molar-refractivity contribution in [2.75, 3.05) is 14.1 Å². The third-order valence-corrected chi connectivity index (χ3v) is 2.11. The van der Waals surface area contributed by atoms with Crippen LogP contribution in [0.1, 0.15) is 10.4 Å². The molecular weight excluding hydrogens is 196 g/mol. The highest BCUT2D eigenvalue weighted by Gasteiger charge is 2.15. The molecule has 0 aliphatic carbocycles. The summed E-state index contributed by atoms with van der Waals surface area (Å²) in [4.78, 5) is 33.6. The Bertz CT molecular complexity index is 567. The Hall–Kier alpha value is -2.11. The number of H-pyrrole nitrogens is 2. The van der Waals surface area contributed by atoms with Crippen LogP contribution in [-0.2, 0) is 0 Å². The molecule has 1 amide bonds. The van der Waals surface area contributed by atoms with Gasteiger partial charge in [-0.25, -0.2) is 4.98 Å². The second-order valence-corrected chi connectivity index (χ2v) is 3.36. The molecule has 6 nitrogen and oxygen atoms in total. The number of aromatic amines is 2. The molecule has 78 valence electrons. The van der Waals surface area contributed by atoms with Crippen LogP contribution in [-0.4, -0.2) is 39.9 Å². The van der Waals surface area contributed by atoms with Gasteiger partial charge in [-0.05, 0) is 0 Å². The molecule has 2 aromatic rings. The second kappa shape index (κ2) is 3.23. The van der Waals surface area contributed by atoms with Gasteiger partial charge in [0.2, 0.25) is 0 Å². The van der Waals surface area contributed by atoms with Crippen molar-refractivity contribution in [1.82, 2.24) is 19.9 Å². The highest BCUT2D eigenvalue weighted by atomic mass is 16.2. The lowest BCUT2D eigenvalue weighted by Gasteiger charge is -2.07. The SMILES string of the molecule is CN(C)C(=O)c1c[nH]c2c(=O)[nH]cnc12. The minimum atomic E-state index is -0.280. The summed E-state index contributed by atoms with van der Waals surface area (Å²) in [6, 6.07) is 0. The Morgan fingerprint density at radius 3 is 2.80 bits per heavy atom. The number of hydrogen-bond donors (Lipinski definition) is 2. The number of fused-ring (bicyclic) bond motifs is 1. The lowest BCUT2D eigenvalue weighted by Crippen LogP contribution is -2.21. The van der Waals surface area contributed by atoms with Gasteiger partial charge in [-0.1, -0.05) is 0 Å². The molecule has 2 heterocycles. The smallest absolute Gasteiger partial charge is 0.275 e. The quantitative estimate of drug-likeness (QED) is 0.686. The lowest BCUT2D eigenvalue weighted by atomic mass is 10.2. The maximum absolute atomic E-state index is 11.7. The molecule has 0 spiro atoms. The number of nitrogens with one attached hydrogen (secondary N) is 2. The van der Waals surface area contributed by atoms with Crippen LogP contribution in [0.3, 0.4) is 0 Å². The number of amides is 1. The van der Waals surface area contributed by atoms with E-state index in [1.165, 1.54) is 17.4 Å². The van der Waals surface area contributed by atoms with Crippen LogP contribution in [0, 0.1) is 0 Å². The fourth-order valence-corrected chi connectivity index (χ4v) is 1.35. The summed E-state index contributed by atoms with van der Waals surface area (Å²) in [7, 11) is 3.29. The highest BCUT2D eigenvalue weighted by molar-refractivity contribution is 6.04. The largest absolute Gasteiger partial charge is 0.355 e. The molecule has 0 aliphatic heterocycles. The zero-order valence-corrected chi connectivity index (χ0v) is 8.37. The molecule has 2 N–H and O–H groups in total. The van der Waals surface area contributed by atoms with Crippen LogP contribution in [0.15, 0.2) is 17.3 Å². The predicted molar refractivity (Wildman–Crippen MR) is 54.7 cm³/mol. The number of carbonyl (C=O) groups excluding carboxylic acids is 1. The second-order valence-electron chi connectivity index (χ2n) is 3.36. The van der Waals surface area contributed by atoms with Crippen molar-refractivity contribution < 1.29 is 4.79 Å². The monoisotopic (exact) mass is 206 g/mol. The average Bonchev–Trinajstić information content (AvgIpc) is 2.61. The minimum absolute atomic E-state index is 0.181. The van der Waals surface area contributed by atoms with Gasteiger partial charge in [0.1, 0.15) is 11.0 Å². The van der Waals surface area contributed by atoms with Crippen LogP contribution in [0.5, 0.6) is 0 Å². The van der Waals surface area contributed by atoms with E-state index >= 15 is 0 Å². The molecule has 0 saturated heterocycles. The molecule has 0 unspecified atom stereocenters. The number of nitrogens with zero attached hydrogens (tertiary/aromatic N) is 2. The topological polar surface area (TPSA) is 81.9 Å². The maximum Gasteiger partial charge on any atom is 0.275 e. The fraction of sp³-hybridized carbons (Fsp3) is 0.222. The molecule has 0 bridgehead atoms.